The molecule has 4 heteroatoms. The lowest BCUT2D eigenvalue weighted by Crippen LogP contribution is -2.37. The molecule has 0 aromatic rings. The summed E-state index contributed by atoms with van der Waals surface area (Å²) >= 11 is 0. The molecule has 0 saturated heterocycles. The van der Waals surface area contributed by atoms with Gasteiger partial charge in [0.05, 0.1) is 6.61 Å². The molecule has 1 heterocycles. The highest BCUT2D eigenvalue weighted by atomic mass is 16.5. The second kappa shape index (κ2) is 3.19. The molecule has 1 unspecified atom stereocenters. The summed E-state index contributed by atoms with van der Waals surface area (Å²) in [5.74, 6) is 0. The maximum absolute atomic E-state index is 9.06. The molecule has 0 saturated carbocycles. The molecule has 0 aliphatic carbocycles. The molecule has 54 valence electrons. The molecule has 0 bridgehead atoms. The highest BCUT2D eigenvalue weighted by Gasteiger charge is 2.21. The van der Waals surface area contributed by atoms with Gasteiger partial charge in [-0.05, 0) is 0 Å². The number of aliphatic hydroxyl groups excluding tert-OH is 2. The van der Waals surface area contributed by atoms with Gasteiger partial charge in [0.1, 0.15) is 20.1 Å². The van der Waals surface area contributed by atoms with Gasteiger partial charge in [0, 0.05) is 6.00 Å². The van der Waals surface area contributed by atoms with E-state index in [9.17, 15) is 0 Å². The lowest BCUT2D eigenvalue weighted by Gasteiger charge is -2.26. The molecule has 0 amide bonds. The summed E-state index contributed by atoms with van der Waals surface area (Å²) < 4.78 is 4.94. The largest absolute Gasteiger partial charge is 0.394 e. The van der Waals surface area contributed by atoms with Gasteiger partial charge in [0.2, 0.25) is 0 Å². The molecule has 1 aliphatic rings. The second-order valence-corrected chi connectivity index (χ2v) is 2.20. The van der Waals surface area contributed by atoms with Crippen molar-refractivity contribution < 1.29 is 14.9 Å². The van der Waals surface area contributed by atoms with Crippen LogP contribution in [0, 0.1) is 0 Å². The number of hydrogen-bond acceptors (Lipinski definition) is 3. The minimum atomic E-state index is -0.732. The van der Waals surface area contributed by atoms with E-state index in [1.54, 1.807) is 6.08 Å². The molecule has 3 atom stereocenters. The van der Waals surface area contributed by atoms with Crippen molar-refractivity contribution in [2.75, 3.05) is 6.61 Å². The summed E-state index contributed by atoms with van der Waals surface area (Å²) in [6.45, 7) is -0.209. The van der Waals surface area contributed by atoms with Crippen molar-refractivity contribution in [3.8, 4) is 0 Å². The Morgan fingerprint density at radius 3 is 2.70 bits per heavy atom. The maximum Gasteiger partial charge on any atom is 0.114 e. The van der Waals surface area contributed by atoms with E-state index < -0.39 is 18.2 Å². The Morgan fingerprint density at radius 1 is 1.50 bits per heavy atom. The molecule has 2 N–H and O–H groups in total. The summed E-state index contributed by atoms with van der Waals surface area (Å²) in [5.41, 5.74) is 0. The van der Waals surface area contributed by atoms with Crippen LogP contribution < -0.4 is 0 Å². The van der Waals surface area contributed by atoms with Crippen LogP contribution in [-0.2, 0) is 4.74 Å². The third-order valence-corrected chi connectivity index (χ3v) is 1.39. The van der Waals surface area contributed by atoms with Crippen molar-refractivity contribution in [1.29, 1.82) is 0 Å². The minimum absolute atomic E-state index is 0.209. The molecule has 2 radical (unpaired) electrons. The van der Waals surface area contributed by atoms with Crippen LogP contribution in [0.1, 0.15) is 0 Å². The SMILES string of the molecule is [B][C@H]1C=CC(O)[C@@H](CO)O1. The number of aliphatic hydroxyl groups is 2. The molecule has 0 spiro atoms. The number of ether oxygens (including phenoxy) is 1. The average Bonchev–Trinajstić information content (AvgIpc) is 1.94. The fourth-order valence-corrected chi connectivity index (χ4v) is 0.826. The lowest BCUT2D eigenvalue weighted by atomic mass is 9.95. The van der Waals surface area contributed by atoms with Gasteiger partial charge in [-0.2, -0.15) is 0 Å². The first-order valence-corrected chi connectivity index (χ1v) is 3.12. The van der Waals surface area contributed by atoms with Gasteiger partial charge in [0.15, 0.2) is 0 Å². The van der Waals surface area contributed by atoms with Crippen molar-refractivity contribution >= 4 is 7.85 Å². The van der Waals surface area contributed by atoms with Crippen molar-refractivity contribution in [3.63, 3.8) is 0 Å². The van der Waals surface area contributed by atoms with E-state index in [0.29, 0.717) is 0 Å². The van der Waals surface area contributed by atoms with Gasteiger partial charge < -0.3 is 14.9 Å². The Hall–Kier alpha value is -0.315. The molecule has 0 aromatic carbocycles. The zero-order chi connectivity index (χ0) is 7.56. The standard InChI is InChI=1S/C6H9BO3/c7-6-2-1-4(9)5(3-8)10-6/h1-2,4-6,8-9H,3H2/t4?,5-,6-/m1/s1. The lowest BCUT2D eigenvalue weighted by molar-refractivity contribution is -0.0566. The quantitative estimate of drug-likeness (QED) is 0.355. The molecule has 1 aliphatic heterocycles. The molecular weight excluding hydrogens is 131 g/mol. The molecule has 0 aromatic heterocycles. The van der Waals surface area contributed by atoms with Crippen LogP contribution in [-0.4, -0.2) is 42.9 Å². The predicted octanol–water partition coefficient (Wildman–Crippen LogP) is -1.21. The van der Waals surface area contributed by atoms with Crippen LogP contribution in [0.4, 0.5) is 0 Å². The van der Waals surface area contributed by atoms with Gasteiger partial charge in [-0.1, -0.05) is 12.2 Å². The van der Waals surface area contributed by atoms with Gasteiger partial charge in [-0.25, -0.2) is 0 Å². The first-order valence-electron chi connectivity index (χ1n) is 3.12. The van der Waals surface area contributed by atoms with E-state index in [1.807, 2.05) is 0 Å². The van der Waals surface area contributed by atoms with E-state index in [4.69, 9.17) is 22.8 Å². The van der Waals surface area contributed by atoms with Crippen LogP contribution in [0.15, 0.2) is 12.2 Å². The Morgan fingerprint density at radius 2 is 2.20 bits per heavy atom. The Labute approximate surface area is 60.7 Å². The van der Waals surface area contributed by atoms with E-state index >= 15 is 0 Å². The molecular formula is C6H9BO3. The van der Waals surface area contributed by atoms with Crippen molar-refractivity contribution in [2.45, 2.75) is 18.2 Å². The van der Waals surface area contributed by atoms with E-state index in [2.05, 4.69) is 0 Å². The zero-order valence-electron chi connectivity index (χ0n) is 5.47. The van der Waals surface area contributed by atoms with Crippen LogP contribution >= 0.6 is 0 Å². The Bertz CT molecular complexity index is 137. The van der Waals surface area contributed by atoms with Gasteiger partial charge in [-0.3, -0.25) is 0 Å². The van der Waals surface area contributed by atoms with Crippen molar-refractivity contribution in [1.82, 2.24) is 0 Å². The average molecular weight is 140 g/mol. The summed E-state index contributed by atoms with van der Waals surface area (Å²) in [5, 5.41) is 17.7. The topological polar surface area (TPSA) is 49.7 Å². The third kappa shape index (κ3) is 1.59. The van der Waals surface area contributed by atoms with Crippen LogP contribution in [0.25, 0.3) is 0 Å². The summed E-state index contributed by atoms with van der Waals surface area (Å²) in [7, 11) is 5.33. The fourth-order valence-electron chi connectivity index (χ4n) is 0.826. The summed E-state index contributed by atoms with van der Waals surface area (Å²) in [4.78, 5) is 0. The first-order chi connectivity index (χ1) is 4.74. The minimum Gasteiger partial charge on any atom is -0.394 e. The van der Waals surface area contributed by atoms with E-state index in [1.165, 1.54) is 6.08 Å². The maximum atomic E-state index is 9.06. The van der Waals surface area contributed by atoms with E-state index in [0.717, 1.165) is 0 Å². The first kappa shape index (κ1) is 7.79. The highest BCUT2D eigenvalue weighted by Crippen LogP contribution is 2.09. The fraction of sp³-hybridized carbons (Fsp3) is 0.667. The second-order valence-electron chi connectivity index (χ2n) is 2.20. The summed E-state index contributed by atoms with van der Waals surface area (Å²) in [6, 6.07) is -0.499. The molecule has 0 fully saturated rings. The van der Waals surface area contributed by atoms with Gasteiger partial charge >= 0.3 is 0 Å². The Kier molecular flexibility index (Phi) is 2.48. The monoisotopic (exact) mass is 140 g/mol. The predicted molar refractivity (Wildman–Crippen MR) is 36.6 cm³/mol. The normalized spacial score (nSPS) is 40.0. The van der Waals surface area contributed by atoms with Crippen molar-refractivity contribution in [2.24, 2.45) is 0 Å². The van der Waals surface area contributed by atoms with Gasteiger partial charge in [0.25, 0.3) is 0 Å². The van der Waals surface area contributed by atoms with Crippen LogP contribution in [0.3, 0.4) is 0 Å². The summed E-state index contributed by atoms with van der Waals surface area (Å²) in [6.07, 6.45) is 1.77. The van der Waals surface area contributed by atoms with Crippen LogP contribution in [0.2, 0.25) is 0 Å². The van der Waals surface area contributed by atoms with Crippen molar-refractivity contribution in [3.05, 3.63) is 12.2 Å². The van der Waals surface area contributed by atoms with Crippen LogP contribution in [0.5, 0.6) is 0 Å². The smallest absolute Gasteiger partial charge is 0.114 e. The molecule has 3 nitrogen and oxygen atoms in total. The third-order valence-electron chi connectivity index (χ3n) is 1.39. The number of rotatable bonds is 1. The van der Waals surface area contributed by atoms with Gasteiger partial charge in [-0.15, -0.1) is 0 Å². The number of hydrogen-bond donors (Lipinski definition) is 2. The highest BCUT2D eigenvalue weighted by molar-refractivity contribution is 6.12. The zero-order valence-corrected chi connectivity index (χ0v) is 5.47. The Balaban J connectivity index is 2.53. The molecule has 10 heavy (non-hydrogen) atoms. The van der Waals surface area contributed by atoms with E-state index in [-0.39, 0.29) is 6.61 Å². The molecule has 1 rings (SSSR count).